The van der Waals surface area contributed by atoms with Gasteiger partial charge in [0, 0.05) is 53.6 Å². The van der Waals surface area contributed by atoms with E-state index in [4.69, 9.17) is 21.6 Å². The van der Waals surface area contributed by atoms with Crippen molar-refractivity contribution in [3.63, 3.8) is 0 Å². The molecule has 0 saturated carbocycles. The highest BCUT2D eigenvalue weighted by Gasteiger charge is 2.25. The Morgan fingerprint density at radius 3 is 2.70 bits per heavy atom. The molecule has 8 nitrogen and oxygen atoms in total. The number of halogens is 2. The number of aromatic carboxylic acids is 1. The number of piperidine rings is 1. The van der Waals surface area contributed by atoms with Crippen molar-refractivity contribution in [3.05, 3.63) is 101 Å². The lowest BCUT2D eigenvalue weighted by Crippen LogP contribution is -2.40. The van der Waals surface area contributed by atoms with Gasteiger partial charge in [-0.1, -0.05) is 24.8 Å². The molecule has 1 atom stereocenters. The number of likely N-dealkylation sites (tertiary alicyclic amines) is 1. The van der Waals surface area contributed by atoms with Gasteiger partial charge in [-0.2, -0.15) is 5.26 Å². The van der Waals surface area contributed by atoms with Crippen LogP contribution in [0.15, 0.2) is 66.9 Å². The van der Waals surface area contributed by atoms with Crippen molar-refractivity contribution in [2.45, 2.75) is 44.8 Å². The second-order valence-electron chi connectivity index (χ2n) is 10.8. The zero-order valence-electron chi connectivity index (χ0n) is 24.2. The summed E-state index contributed by atoms with van der Waals surface area (Å²) in [4.78, 5) is 20.5. The van der Waals surface area contributed by atoms with Crippen LogP contribution < -0.4 is 9.64 Å². The van der Waals surface area contributed by atoms with E-state index < -0.39 is 17.9 Å². The van der Waals surface area contributed by atoms with E-state index >= 15 is 0 Å². The number of nitriles is 1. The molecule has 226 valence electrons. The number of ether oxygens (including phenoxy) is 1. The first kappa shape index (κ1) is 32.0. The van der Waals surface area contributed by atoms with Gasteiger partial charge < -0.3 is 19.8 Å². The maximum Gasteiger partial charge on any atom is 0.335 e. The minimum atomic E-state index is -1.01. The number of benzene rings is 2. The second-order valence-corrected chi connectivity index (χ2v) is 11.2. The summed E-state index contributed by atoms with van der Waals surface area (Å²) in [7, 11) is 0. The number of aromatic nitrogens is 1. The zero-order valence-corrected chi connectivity index (χ0v) is 24.9. The molecular formula is C33H36ClFN4O4. The molecule has 2 heterocycles. The van der Waals surface area contributed by atoms with E-state index in [1.54, 1.807) is 36.4 Å². The molecule has 10 heteroatoms. The molecule has 4 rings (SSSR count). The van der Waals surface area contributed by atoms with Crippen molar-refractivity contribution in [3.8, 4) is 11.9 Å². The summed E-state index contributed by atoms with van der Waals surface area (Å²) >= 11 is 5.87. The number of hydrogen-bond donors (Lipinski definition) is 2. The summed E-state index contributed by atoms with van der Waals surface area (Å²) < 4.78 is 20.0. The van der Waals surface area contributed by atoms with E-state index in [0.29, 0.717) is 36.0 Å². The SMILES string of the molecule is C=C(CN1CCC(c2cccc(OCc3ccc(C#N)cc3F)n2)CC1)N(CC(O)CCCl)c1cc(C(=O)O)ccc1C. The number of carboxylic acid groups (broad SMARTS) is 1. The van der Waals surface area contributed by atoms with Crippen LogP contribution >= 0.6 is 11.6 Å². The maximum absolute atomic E-state index is 14.2. The third kappa shape index (κ3) is 8.54. The van der Waals surface area contributed by atoms with Gasteiger partial charge in [-0.15, -0.1) is 11.6 Å². The normalized spacial score (nSPS) is 14.6. The van der Waals surface area contributed by atoms with Crippen molar-refractivity contribution < 1.29 is 24.1 Å². The molecule has 1 aliphatic heterocycles. The minimum Gasteiger partial charge on any atom is -0.478 e. The summed E-state index contributed by atoms with van der Waals surface area (Å²) in [6.45, 7) is 8.68. The zero-order chi connectivity index (χ0) is 30.9. The molecule has 2 aromatic carbocycles. The van der Waals surface area contributed by atoms with Gasteiger partial charge in [0.05, 0.1) is 23.3 Å². The number of hydrogen-bond acceptors (Lipinski definition) is 7. The number of aliphatic hydroxyl groups excluding tert-OH is 1. The van der Waals surface area contributed by atoms with Crippen LogP contribution in [0, 0.1) is 24.1 Å². The van der Waals surface area contributed by atoms with Gasteiger partial charge in [0.2, 0.25) is 5.88 Å². The van der Waals surface area contributed by atoms with E-state index in [0.717, 1.165) is 42.9 Å². The molecule has 3 aromatic rings. The molecule has 2 N–H and O–H groups in total. The molecular weight excluding hydrogens is 571 g/mol. The molecule has 43 heavy (non-hydrogen) atoms. The Hall–Kier alpha value is -3.97. The van der Waals surface area contributed by atoms with Crippen LogP contribution in [0.1, 0.15) is 57.9 Å². The summed E-state index contributed by atoms with van der Waals surface area (Å²) in [6.07, 6.45) is 1.46. The number of aryl methyl sites for hydroxylation is 1. The average molecular weight is 607 g/mol. The van der Waals surface area contributed by atoms with Crippen molar-refractivity contribution in [1.29, 1.82) is 5.26 Å². The predicted octanol–water partition coefficient (Wildman–Crippen LogP) is 5.87. The molecule has 1 saturated heterocycles. The van der Waals surface area contributed by atoms with Crippen LogP contribution in [0.4, 0.5) is 10.1 Å². The van der Waals surface area contributed by atoms with Gasteiger partial charge in [-0.25, -0.2) is 14.2 Å². The number of aliphatic hydroxyl groups is 1. The predicted molar refractivity (Wildman–Crippen MR) is 164 cm³/mol. The molecule has 0 amide bonds. The Kier molecular flexibility index (Phi) is 11.1. The van der Waals surface area contributed by atoms with E-state index in [-0.39, 0.29) is 30.2 Å². The summed E-state index contributed by atoms with van der Waals surface area (Å²) in [5.74, 6) is -0.533. The average Bonchev–Trinajstić information content (AvgIpc) is 3.00. The fraction of sp³-hybridized carbons (Fsp3) is 0.364. The Bertz CT molecular complexity index is 1490. The number of carboxylic acids is 1. The molecule has 1 aliphatic rings. The Balaban J connectivity index is 1.38. The highest BCUT2D eigenvalue weighted by molar-refractivity contribution is 6.17. The summed E-state index contributed by atoms with van der Waals surface area (Å²) in [5, 5.41) is 29.1. The fourth-order valence-corrected chi connectivity index (χ4v) is 5.47. The number of rotatable bonds is 13. The third-order valence-electron chi connectivity index (χ3n) is 7.68. The van der Waals surface area contributed by atoms with Crippen LogP contribution in [0.25, 0.3) is 0 Å². The number of anilines is 1. The van der Waals surface area contributed by atoms with Crippen LogP contribution in [0.5, 0.6) is 5.88 Å². The molecule has 1 unspecified atom stereocenters. The Morgan fingerprint density at radius 1 is 1.26 bits per heavy atom. The molecule has 0 aliphatic carbocycles. The smallest absolute Gasteiger partial charge is 0.335 e. The van der Waals surface area contributed by atoms with Gasteiger partial charge in [0.1, 0.15) is 12.4 Å². The molecule has 0 bridgehead atoms. The van der Waals surface area contributed by atoms with Crippen molar-refractivity contribution >= 4 is 23.3 Å². The van der Waals surface area contributed by atoms with E-state index in [9.17, 15) is 19.4 Å². The number of carbonyl (C=O) groups is 1. The van der Waals surface area contributed by atoms with Crippen LogP contribution in [0.3, 0.4) is 0 Å². The van der Waals surface area contributed by atoms with Crippen LogP contribution in [-0.4, -0.2) is 64.2 Å². The highest BCUT2D eigenvalue weighted by Crippen LogP contribution is 2.30. The van der Waals surface area contributed by atoms with Crippen LogP contribution in [-0.2, 0) is 6.61 Å². The molecule has 0 spiro atoms. The largest absolute Gasteiger partial charge is 0.478 e. The van der Waals surface area contributed by atoms with Gasteiger partial charge in [-0.3, -0.25) is 4.90 Å². The fourth-order valence-electron chi connectivity index (χ4n) is 5.21. The molecule has 1 fully saturated rings. The Labute approximate surface area is 256 Å². The Morgan fingerprint density at radius 2 is 2.02 bits per heavy atom. The van der Waals surface area contributed by atoms with Crippen LogP contribution in [0.2, 0.25) is 0 Å². The lowest BCUT2D eigenvalue weighted by Gasteiger charge is -2.36. The monoisotopic (exact) mass is 606 g/mol. The first-order chi connectivity index (χ1) is 20.7. The van der Waals surface area contributed by atoms with E-state index in [2.05, 4.69) is 16.5 Å². The molecule has 1 aromatic heterocycles. The van der Waals surface area contributed by atoms with E-state index in [1.165, 1.54) is 6.07 Å². The quantitative estimate of drug-likeness (QED) is 0.233. The van der Waals surface area contributed by atoms with Gasteiger partial charge >= 0.3 is 5.97 Å². The first-order valence-corrected chi connectivity index (χ1v) is 14.8. The van der Waals surface area contributed by atoms with E-state index in [1.807, 2.05) is 30.0 Å². The summed E-state index contributed by atoms with van der Waals surface area (Å²) in [6, 6.07) is 16.8. The molecule has 0 radical (unpaired) electrons. The van der Waals surface area contributed by atoms with Crippen molar-refractivity contribution in [2.75, 3.05) is 37.0 Å². The minimum absolute atomic E-state index is 0.0134. The van der Waals surface area contributed by atoms with Crippen molar-refractivity contribution in [2.24, 2.45) is 0 Å². The lowest BCUT2D eigenvalue weighted by atomic mass is 9.93. The first-order valence-electron chi connectivity index (χ1n) is 14.2. The number of alkyl halides is 1. The number of pyridine rings is 1. The van der Waals surface area contributed by atoms with Gasteiger partial charge in [0.15, 0.2) is 0 Å². The standard InChI is InChI=1S/C33H36ClFN4O4/c1-22-6-8-26(33(41)42)17-31(22)39(20-28(40)10-13-34)23(2)19-38-14-11-25(12-15-38)30-4-3-5-32(37-30)43-21-27-9-7-24(18-36)16-29(27)35/h3-9,16-17,25,28,40H,2,10-15,19-21H2,1H3,(H,41,42). The summed E-state index contributed by atoms with van der Waals surface area (Å²) in [5.41, 5.74) is 4.06. The highest BCUT2D eigenvalue weighted by atomic mass is 35.5. The number of nitrogens with zero attached hydrogens (tertiary/aromatic N) is 4. The third-order valence-corrected chi connectivity index (χ3v) is 7.90. The van der Waals surface area contributed by atoms with Gasteiger partial charge in [-0.05, 0) is 75.2 Å². The van der Waals surface area contributed by atoms with Gasteiger partial charge in [0.25, 0.3) is 0 Å². The van der Waals surface area contributed by atoms with Crippen molar-refractivity contribution in [1.82, 2.24) is 9.88 Å². The topological polar surface area (TPSA) is 110 Å². The maximum atomic E-state index is 14.2. The lowest BCUT2D eigenvalue weighted by molar-refractivity contribution is 0.0697. The second kappa shape index (κ2) is 15.0.